The van der Waals surface area contributed by atoms with Crippen LogP contribution in [0.4, 0.5) is 10.5 Å². The number of hydrogen-bond acceptors (Lipinski definition) is 6. The average Bonchev–Trinajstić information content (AvgIpc) is 2.83. The van der Waals surface area contributed by atoms with E-state index in [2.05, 4.69) is 15.6 Å². The van der Waals surface area contributed by atoms with Crippen molar-refractivity contribution in [2.45, 2.75) is 6.42 Å². The highest BCUT2D eigenvalue weighted by Gasteiger charge is 2.08. The number of primary amides is 1. The van der Waals surface area contributed by atoms with Crippen molar-refractivity contribution in [1.29, 1.82) is 0 Å². The molecule has 33 heavy (non-hydrogen) atoms. The first-order chi connectivity index (χ1) is 16.0. The highest BCUT2D eigenvalue weighted by Crippen LogP contribution is 2.28. The summed E-state index contributed by atoms with van der Waals surface area (Å²) in [4.78, 5) is 27.2. The number of nitrogens with zero attached hydrogens (tertiary/aromatic N) is 1. The standard InChI is InChI=1S/C24H26N4O5/c1-31-20-10-9-16(13-21(20)32-2)11-12-33-23-8-4-7-19(28-23)17-5-3-6-18(14-17)27-22(29)15-26-24(25)30/h3-10,13-14H,11-12,15H2,1-2H3,(H,27,29)(H3,25,26,30). The number of benzene rings is 2. The van der Waals surface area contributed by atoms with E-state index in [1.807, 2.05) is 36.4 Å². The van der Waals surface area contributed by atoms with Gasteiger partial charge >= 0.3 is 6.03 Å². The van der Waals surface area contributed by atoms with Crippen molar-refractivity contribution in [3.63, 3.8) is 0 Å². The number of nitrogens with one attached hydrogen (secondary N) is 2. The minimum atomic E-state index is -0.758. The Morgan fingerprint density at radius 1 is 0.970 bits per heavy atom. The van der Waals surface area contributed by atoms with E-state index >= 15 is 0 Å². The Kier molecular flexibility index (Phi) is 8.07. The first-order valence-corrected chi connectivity index (χ1v) is 10.2. The summed E-state index contributed by atoms with van der Waals surface area (Å²) in [6.07, 6.45) is 0.674. The van der Waals surface area contributed by atoms with Crippen molar-refractivity contribution >= 4 is 17.6 Å². The summed E-state index contributed by atoms with van der Waals surface area (Å²) in [7, 11) is 3.20. The number of hydrogen-bond donors (Lipinski definition) is 3. The van der Waals surface area contributed by atoms with Crippen molar-refractivity contribution in [3.8, 4) is 28.6 Å². The topological polar surface area (TPSA) is 125 Å². The number of carbonyl (C=O) groups excluding carboxylic acids is 2. The van der Waals surface area contributed by atoms with Gasteiger partial charge in [-0.05, 0) is 35.9 Å². The third kappa shape index (κ3) is 6.86. The fraction of sp³-hybridized carbons (Fsp3) is 0.208. The predicted molar refractivity (Wildman–Crippen MR) is 125 cm³/mol. The lowest BCUT2D eigenvalue weighted by atomic mass is 10.1. The van der Waals surface area contributed by atoms with Crippen LogP contribution in [-0.2, 0) is 11.2 Å². The second kappa shape index (κ2) is 11.4. The van der Waals surface area contributed by atoms with Crippen molar-refractivity contribution < 1.29 is 23.8 Å². The second-order valence-corrected chi connectivity index (χ2v) is 7.00. The molecule has 3 aromatic rings. The summed E-state index contributed by atoms with van der Waals surface area (Å²) in [5.74, 6) is 1.46. The van der Waals surface area contributed by atoms with Gasteiger partial charge in [0.25, 0.3) is 0 Å². The van der Waals surface area contributed by atoms with Crippen LogP contribution >= 0.6 is 0 Å². The van der Waals surface area contributed by atoms with Gasteiger partial charge in [0, 0.05) is 23.7 Å². The molecular weight excluding hydrogens is 424 g/mol. The summed E-state index contributed by atoms with van der Waals surface area (Å²) in [6, 6.07) is 17.7. The predicted octanol–water partition coefficient (Wildman–Crippen LogP) is 2.99. The zero-order chi connectivity index (χ0) is 23.6. The first kappa shape index (κ1) is 23.4. The summed E-state index contributed by atoms with van der Waals surface area (Å²) >= 11 is 0. The lowest BCUT2D eigenvalue weighted by Gasteiger charge is -2.11. The van der Waals surface area contributed by atoms with Crippen LogP contribution in [-0.4, -0.2) is 44.3 Å². The molecule has 0 spiro atoms. The quantitative estimate of drug-likeness (QED) is 0.436. The Bertz CT molecular complexity index is 1120. The molecule has 0 saturated heterocycles. The van der Waals surface area contributed by atoms with Gasteiger partial charge in [-0.1, -0.05) is 24.3 Å². The normalized spacial score (nSPS) is 10.2. The van der Waals surface area contributed by atoms with Gasteiger partial charge in [0.15, 0.2) is 11.5 Å². The third-order valence-electron chi connectivity index (χ3n) is 4.68. The fourth-order valence-electron chi connectivity index (χ4n) is 3.09. The van der Waals surface area contributed by atoms with Crippen LogP contribution < -0.4 is 30.6 Å². The maximum absolute atomic E-state index is 11.9. The van der Waals surface area contributed by atoms with Gasteiger partial charge in [0.2, 0.25) is 11.8 Å². The molecule has 1 heterocycles. The van der Waals surface area contributed by atoms with Gasteiger partial charge in [-0.25, -0.2) is 9.78 Å². The lowest BCUT2D eigenvalue weighted by Crippen LogP contribution is -2.36. The molecule has 0 aliphatic carbocycles. The van der Waals surface area contributed by atoms with Crippen LogP contribution in [0.3, 0.4) is 0 Å². The van der Waals surface area contributed by atoms with E-state index in [0.717, 1.165) is 11.1 Å². The van der Waals surface area contributed by atoms with Gasteiger partial charge in [-0.2, -0.15) is 0 Å². The van der Waals surface area contributed by atoms with Crippen molar-refractivity contribution in [2.24, 2.45) is 5.73 Å². The number of anilines is 1. The van der Waals surface area contributed by atoms with E-state index in [-0.39, 0.29) is 12.5 Å². The molecule has 0 aliphatic heterocycles. The van der Waals surface area contributed by atoms with Crippen LogP contribution in [0.15, 0.2) is 60.7 Å². The second-order valence-electron chi connectivity index (χ2n) is 7.00. The molecule has 2 aromatic carbocycles. The molecule has 4 N–H and O–H groups in total. The van der Waals surface area contributed by atoms with E-state index in [0.29, 0.717) is 41.8 Å². The number of aromatic nitrogens is 1. The molecule has 9 nitrogen and oxygen atoms in total. The Balaban J connectivity index is 1.62. The van der Waals surface area contributed by atoms with Crippen LogP contribution in [0.1, 0.15) is 5.56 Å². The maximum Gasteiger partial charge on any atom is 0.312 e. The van der Waals surface area contributed by atoms with Gasteiger partial charge < -0.3 is 30.6 Å². The molecular formula is C24H26N4O5. The number of carbonyl (C=O) groups is 2. The largest absolute Gasteiger partial charge is 0.493 e. The highest BCUT2D eigenvalue weighted by molar-refractivity contribution is 5.94. The molecule has 0 radical (unpaired) electrons. The maximum atomic E-state index is 11.9. The smallest absolute Gasteiger partial charge is 0.312 e. The first-order valence-electron chi connectivity index (χ1n) is 10.2. The van der Waals surface area contributed by atoms with Gasteiger partial charge in [-0.15, -0.1) is 0 Å². The van der Waals surface area contributed by atoms with E-state index < -0.39 is 6.03 Å². The average molecular weight is 450 g/mol. The Morgan fingerprint density at radius 3 is 2.52 bits per heavy atom. The minimum absolute atomic E-state index is 0.207. The van der Waals surface area contributed by atoms with Gasteiger partial charge in [0.1, 0.15) is 0 Å². The minimum Gasteiger partial charge on any atom is -0.493 e. The number of rotatable bonds is 10. The molecule has 0 aliphatic rings. The number of urea groups is 1. The number of nitrogens with two attached hydrogens (primary N) is 1. The number of amides is 3. The molecule has 0 fully saturated rings. The summed E-state index contributed by atoms with van der Waals surface area (Å²) in [5.41, 5.74) is 8.11. The van der Waals surface area contributed by atoms with Crippen LogP contribution in [0.5, 0.6) is 17.4 Å². The highest BCUT2D eigenvalue weighted by atomic mass is 16.5. The van der Waals surface area contributed by atoms with Crippen molar-refractivity contribution in [1.82, 2.24) is 10.3 Å². The molecule has 172 valence electrons. The van der Waals surface area contributed by atoms with Gasteiger partial charge in [-0.3, -0.25) is 4.79 Å². The van der Waals surface area contributed by atoms with E-state index in [1.54, 1.807) is 38.5 Å². The summed E-state index contributed by atoms with van der Waals surface area (Å²) in [5, 5.41) is 4.95. The van der Waals surface area contributed by atoms with Crippen LogP contribution in [0, 0.1) is 0 Å². The molecule has 0 saturated carbocycles. The fourth-order valence-corrected chi connectivity index (χ4v) is 3.09. The van der Waals surface area contributed by atoms with Crippen LogP contribution in [0.25, 0.3) is 11.3 Å². The van der Waals surface area contributed by atoms with Gasteiger partial charge in [0.05, 0.1) is 33.1 Å². The molecule has 3 rings (SSSR count). The number of pyridine rings is 1. The van der Waals surface area contributed by atoms with Crippen LogP contribution in [0.2, 0.25) is 0 Å². The molecule has 0 unspecified atom stereocenters. The van der Waals surface area contributed by atoms with E-state index in [1.165, 1.54) is 0 Å². The molecule has 1 aromatic heterocycles. The zero-order valence-corrected chi connectivity index (χ0v) is 18.5. The monoisotopic (exact) mass is 450 g/mol. The Morgan fingerprint density at radius 2 is 1.76 bits per heavy atom. The van der Waals surface area contributed by atoms with E-state index in [9.17, 15) is 9.59 Å². The number of ether oxygens (including phenoxy) is 3. The lowest BCUT2D eigenvalue weighted by molar-refractivity contribution is -0.115. The zero-order valence-electron chi connectivity index (χ0n) is 18.5. The Hall–Kier alpha value is -4.27. The third-order valence-corrected chi connectivity index (χ3v) is 4.68. The number of methoxy groups -OCH3 is 2. The molecule has 3 amide bonds. The molecule has 0 bridgehead atoms. The summed E-state index contributed by atoms with van der Waals surface area (Å²) in [6.45, 7) is 0.232. The molecule has 9 heteroatoms. The SMILES string of the molecule is COc1ccc(CCOc2cccc(-c3cccc(NC(=O)CNC(N)=O)c3)n2)cc1OC. The van der Waals surface area contributed by atoms with Crippen molar-refractivity contribution in [3.05, 3.63) is 66.2 Å². The molecule has 0 atom stereocenters. The van der Waals surface area contributed by atoms with E-state index in [4.69, 9.17) is 19.9 Å². The summed E-state index contributed by atoms with van der Waals surface area (Å²) < 4.78 is 16.4. The van der Waals surface area contributed by atoms with Crippen molar-refractivity contribution in [2.75, 3.05) is 32.7 Å². The Labute approximate surface area is 191 Å².